The van der Waals surface area contributed by atoms with Gasteiger partial charge < -0.3 is 32.3 Å². The first-order valence-electron chi connectivity index (χ1n) is 6.34. The van der Waals surface area contributed by atoms with E-state index in [1.165, 1.54) is 12.1 Å². The van der Waals surface area contributed by atoms with Crippen LogP contribution in [-0.4, -0.2) is 39.4 Å². The Morgan fingerprint density at radius 1 is 1.41 bits per heavy atom. The van der Waals surface area contributed by atoms with Gasteiger partial charge in [-0.25, -0.2) is 0 Å². The Labute approximate surface area is 128 Å². The molecule has 22 heavy (non-hydrogen) atoms. The van der Waals surface area contributed by atoms with E-state index in [2.05, 4.69) is 0 Å². The summed E-state index contributed by atoms with van der Waals surface area (Å²) < 4.78 is 5.36. The van der Waals surface area contributed by atoms with Crippen LogP contribution in [0, 0.1) is 10.1 Å². The van der Waals surface area contributed by atoms with Crippen molar-refractivity contribution in [3.05, 3.63) is 33.4 Å². The molecule has 0 bridgehead atoms. The van der Waals surface area contributed by atoms with Gasteiger partial charge in [-0.2, -0.15) is 0 Å². The second kappa shape index (κ2) is 10.0. The molecule has 2 unspecified atom stereocenters. The number of nitrogens with two attached hydrogens (primary N) is 1. The van der Waals surface area contributed by atoms with Crippen molar-refractivity contribution in [2.24, 2.45) is 5.73 Å². The van der Waals surface area contributed by atoms with E-state index in [0.717, 1.165) is 0 Å². The Morgan fingerprint density at radius 3 is 2.45 bits per heavy atom. The average molecular weight is 319 g/mol. The zero-order valence-corrected chi connectivity index (χ0v) is 12.8. The molecule has 0 aliphatic carbocycles. The summed E-state index contributed by atoms with van der Waals surface area (Å²) >= 11 is 0. The Kier molecular flexibility index (Phi) is 10.3. The number of hydrogen-bond acceptors (Lipinski definition) is 7. The van der Waals surface area contributed by atoms with Gasteiger partial charge in [-0.1, -0.05) is 0 Å². The van der Waals surface area contributed by atoms with Crippen molar-refractivity contribution in [3.8, 4) is 5.75 Å². The SMILES string of the molecule is CC(O)Cc1ccc([N+](=O)[O-])c(COC(C)CN)c1O.N.O. The minimum Gasteiger partial charge on any atom is -0.507 e. The molecule has 0 aromatic heterocycles. The van der Waals surface area contributed by atoms with Crippen molar-refractivity contribution in [1.29, 1.82) is 0 Å². The van der Waals surface area contributed by atoms with Crippen LogP contribution >= 0.6 is 0 Å². The number of ether oxygens (including phenoxy) is 1. The summed E-state index contributed by atoms with van der Waals surface area (Å²) in [6.07, 6.45) is -0.711. The van der Waals surface area contributed by atoms with E-state index >= 15 is 0 Å². The molecular formula is C13H25N3O6. The van der Waals surface area contributed by atoms with Crippen LogP contribution < -0.4 is 11.9 Å². The second-order valence-corrected chi connectivity index (χ2v) is 4.74. The highest BCUT2D eigenvalue weighted by atomic mass is 16.6. The Morgan fingerprint density at radius 2 is 2.00 bits per heavy atom. The fourth-order valence-corrected chi connectivity index (χ4v) is 1.76. The van der Waals surface area contributed by atoms with Crippen LogP contribution in [0.15, 0.2) is 12.1 Å². The summed E-state index contributed by atoms with van der Waals surface area (Å²) in [5.41, 5.74) is 5.76. The molecule has 0 fully saturated rings. The van der Waals surface area contributed by atoms with E-state index in [1.54, 1.807) is 13.8 Å². The molecule has 0 saturated heterocycles. The third-order valence-electron chi connectivity index (χ3n) is 2.90. The Hall–Kier alpha value is -1.78. The summed E-state index contributed by atoms with van der Waals surface area (Å²) in [5.74, 6) is -0.204. The Balaban J connectivity index is 0. The van der Waals surface area contributed by atoms with Crippen LogP contribution in [0.5, 0.6) is 5.75 Å². The summed E-state index contributed by atoms with van der Waals surface area (Å²) in [6.45, 7) is 3.49. The number of nitro groups is 1. The van der Waals surface area contributed by atoms with Gasteiger partial charge in [0.1, 0.15) is 5.75 Å². The topological polar surface area (TPSA) is 185 Å². The van der Waals surface area contributed by atoms with Crippen molar-refractivity contribution in [1.82, 2.24) is 6.15 Å². The van der Waals surface area contributed by atoms with E-state index in [0.29, 0.717) is 5.56 Å². The monoisotopic (exact) mass is 319 g/mol. The van der Waals surface area contributed by atoms with Crippen LogP contribution in [0.1, 0.15) is 25.0 Å². The highest BCUT2D eigenvalue weighted by Gasteiger charge is 2.21. The van der Waals surface area contributed by atoms with Crippen LogP contribution in [0.3, 0.4) is 0 Å². The normalized spacial score (nSPS) is 12.7. The van der Waals surface area contributed by atoms with Gasteiger partial charge in [-0.05, 0) is 25.5 Å². The predicted octanol–water partition coefficient (Wildman–Crippen LogP) is 0.425. The number of phenols is 1. The van der Waals surface area contributed by atoms with Gasteiger partial charge in [-0.3, -0.25) is 10.1 Å². The van der Waals surface area contributed by atoms with Gasteiger partial charge in [0.2, 0.25) is 0 Å². The third kappa shape index (κ3) is 5.92. The quantitative estimate of drug-likeness (QED) is 0.414. The molecule has 2 atom stereocenters. The van der Waals surface area contributed by atoms with Crippen LogP contribution in [0.25, 0.3) is 0 Å². The fraction of sp³-hybridized carbons (Fsp3) is 0.538. The number of nitrogens with zero attached hydrogens (tertiary/aromatic N) is 1. The lowest BCUT2D eigenvalue weighted by Crippen LogP contribution is -2.20. The van der Waals surface area contributed by atoms with Gasteiger partial charge in [0.25, 0.3) is 5.69 Å². The molecule has 1 aromatic rings. The van der Waals surface area contributed by atoms with Gasteiger partial charge in [0, 0.05) is 19.0 Å². The molecule has 0 amide bonds. The van der Waals surface area contributed by atoms with Crippen LogP contribution in [0.4, 0.5) is 5.69 Å². The second-order valence-electron chi connectivity index (χ2n) is 4.74. The van der Waals surface area contributed by atoms with E-state index in [4.69, 9.17) is 10.5 Å². The molecule has 1 aromatic carbocycles. The maximum absolute atomic E-state index is 11.0. The highest BCUT2D eigenvalue weighted by Crippen LogP contribution is 2.32. The molecule has 0 aliphatic rings. The lowest BCUT2D eigenvalue weighted by Gasteiger charge is -2.14. The molecule has 9 nitrogen and oxygen atoms in total. The molecule has 0 radical (unpaired) electrons. The maximum Gasteiger partial charge on any atom is 0.278 e. The lowest BCUT2D eigenvalue weighted by atomic mass is 10.0. The zero-order chi connectivity index (χ0) is 15.3. The van der Waals surface area contributed by atoms with Gasteiger partial charge >= 0.3 is 0 Å². The minimum absolute atomic E-state index is 0. The number of aliphatic hydroxyl groups is 1. The van der Waals surface area contributed by atoms with Gasteiger partial charge in [-0.15, -0.1) is 0 Å². The first-order chi connectivity index (χ1) is 9.36. The average Bonchev–Trinajstić information content (AvgIpc) is 2.38. The van der Waals surface area contributed by atoms with E-state index < -0.39 is 11.0 Å². The van der Waals surface area contributed by atoms with Crippen LogP contribution in [0.2, 0.25) is 0 Å². The summed E-state index contributed by atoms with van der Waals surface area (Å²) in [7, 11) is 0. The molecule has 9 N–H and O–H groups in total. The summed E-state index contributed by atoms with van der Waals surface area (Å²) in [4.78, 5) is 10.4. The maximum atomic E-state index is 11.0. The van der Waals surface area contributed by atoms with E-state index in [1.807, 2.05) is 0 Å². The van der Waals surface area contributed by atoms with E-state index in [9.17, 15) is 20.3 Å². The third-order valence-corrected chi connectivity index (χ3v) is 2.90. The van der Waals surface area contributed by atoms with Gasteiger partial charge in [0.05, 0.1) is 29.3 Å². The number of aliphatic hydroxyl groups excluding tert-OH is 1. The Bertz CT molecular complexity index is 481. The predicted molar refractivity (Wildman–Crippen MR) is 82.1 cm³/mol. The molecule has 128 valence electrons. The van der Waals surface area contributed by atoms with Crippen molar-refractivity contribution in [3.63, 3.8) is 0 Å². The molecule has 0 aliphatic heterocycles. The van der Waals surface area contributed by atoms with Crippen molar-refractivity contribution < 1.29 is 25.3 Å². The number of hydrogen-bond donors (Lipinski definition) is 4. The van der Waals surface area contributed by atoms with E-state index in [-0.39, 0.29) is 54.3 Å². The molecule has 0 spiro atoms. The number of phenolic OH excluding ortho intramolecular Hbond substituents is 1. The molecule has 0 heterocycles. The molecular weight excluding hydrogens is 294 g/mol. The number of rotatable bonds is 7. The zero-order valence-electron chi connectivity index (χ0n) is 12.8. The summed E-state index contributed by atoms with van der Waals surface area (Å²) in [6, 6.07) is 2.75. The van der Waals surface area contributed by atoms with Crippen molar-refractivity contribution in [2.75, 3.05) is 6.54 Å². The highest BCUT2D eigenvalue weighted by molar-refractivity contribution is 5.53. The van der Waals surface area contributed by atoms with Crippen molar-refractivity contribution >= 4 is 5.69 Å². The van der Waals surface area contributed by atoms with Crippen LogP contribution in [-0.2, 0) is 17.8 Å². The number of benzene rings is 1. The largest absolute Gasteiger partial charge is 0.507 e. The fourth-order valence-electron chi connectivity index (χ4n) is 1.76. The standard InChI is InChI=1S/C13H20N2O5.H3N.H2O/c1-8(16)5-10-3-4-12(15(18)19)11(13(10)17)7-20-9(2)6-14;;/h3-4,8-9,16-17H,5-7,14H2,1-2H3;1H3;1H2. The first-order valence-corrected chi connectivity index (χ1v) is 6.34. The van der Waals surface area contributed by atoms with Gasteiger partial charge in [0.15, 0.2) is 0 Å². The molecule has 0 saturated carbocycles. The molecule has 9 heteroatoms. The minimum atomic E-state index is -0.654. The smallest absolute Gasteiger partial charge is 0.278 e. The molecule has 1 rings (SSSR count). The summed E-state index contributed by atoms with van der Waals surface area (Å²) in [5, 5.41) is 30.5. The number of nitro benzene ring substituents is 1. The number of aromatic hydroxyl groups is 1. The first kappa shape index (κ1) is 22.5. The lowest BCUT2D eigenvalue weighted by molar-refractivity contribution is -0.386. The van der Waals surface area contributed by atoms with Crippen molar-refractivity contribution in [2.45, 2.75) is 39.1 Å².